The summed E-state index contributed by atoms with van der Waals surface area (Å²) in [6.45, 7) is 7.74. The predicted molar refractivity (Wildman–Crippen MR) is 91.0 cm³/mol. The van der Waals surface area contributed by atoms with Crippen molar-refractivity contribution in [2.24, 2.45) is 5.41 Å². The third-order valence-electron chi connectivity index (χ3n) is 4.38. The first-order chi connectivity index (χ1) is 11.4. The summed E-state index contributed by atoms with van der Waals surface area (Å²) in [4.78, 5) is 12.4. The second-order valence-corrected chi connectivity index (χ2v) is 6.72. The van der Waals surface area contributed by atoms with E-state index in [9.17, 15) is 4.79 Å². The summed E-state index contributed by atoms with van der Waals surface area (Å²) in [6, 6.07) is 9.44. The van der Waals surface area contributed by atoms with Gasteiger partial charge in [-0.3, -0.25) is 0 Å². The molecule has 0 N–H and O–H groups in total. The van der Waals surface area contributed by atoms with Crippen molar-refractivity contribution in [3.8, 4) is 11.4 Å². The fourth-order valence-electron chi connectivity index (χ4n) is 2.90. The molecule has 0 unspecified atom stereocenters. The number of aromatic nitrogens is 1. The highest BCUT2D eigenvalue weighted by Crippen LogP contribution is 2.29. The molecule has 2 aromatic rings. The minimum absolute atomic E-state index is 0.0570. The highest BCUT2D eigenvalue weighted by Gasteiger charge is 2.35. The minimum Gasteiger partial charge on any atom is -0.495 e. The smallest absolute Gasteiger partial charge is 0.338 e. The molecule has 0 atom stereocenters. The number of aryl methyl sites for hydroxylation is 2. The number of rotatable bonds is 5. The van der Waals surface area contributed by atoms with Crippen LogP contribution in [0.1, 0.15) is 28.7 Å². The molecular weight excluding hydrogens is 306 g/mol. The predicted octanol–water partition coefficient (Wildman–Crippen LogP) is 3.30. The molecule has 0 radical (unpaired) electrons. The maximum Gasteiger partial charge on any atom is 0.338 e. The Morgan fingerprint density at radius 1 is 1.21 bits per heavy atom. The molecule has 0 amide bonds. The van der Waals surface area contributed by atoms with E-state index in [1.807, 2.05) is 32.0 Å². The van der Waals surface area contributed by atoms with Crippen molar-refractivity contribution in [2.45, 2.75) is 20.8 Å². The van der Waals surface area contributed by atoms with Gasteiger partial charge in [0.15, 0.2) is 0 Å². The molecule has 24 heavy (non-hydrogen) atoms. The van der Waals surface area contributed by atoms with Crippen molar-refractivity contribution in [2.75, 3.05) is 26.9 Å². The van der Waals surface area contributed by atoms with Gasteiger partial charge in [0.1, 0.15) is 12.4 Å². The van der Waals surface area contributed by atoms with E-state index in [-0.39, 0.29) is 11.4 Å². The summed E-state index contributed by atoms with van der Waals surface area (Å²) in [5.41, 5.74) is 3.46. The Morgan fingerprint density at radius 3 is 2.42 bits per heavy atom. The van der Waals surface area contributed by atoms with Crippen molar-refractivity contribution < 1.29 is 19.0 Å². The monoisotopic (exact) mass is 329 g/mol. The van der Waals surface area contributed by atoms with Crippen LogP contribution in [0.3, 0.4) is 0 Å². The van der Waals surface area contributed by atoms with Crippen LogP contribution in [0, 0.1) is 19.3 Å². The van der Waals surface area contributed by atoms with Crippen molar-refractivity contribution >= 4 is 5.97 Å². The fourth-order valence-corrected chi connectivity index (χ4v) is 2.90. The number of ether oxygens (including phenoxy) is 3. The SMILES string of the molecule is COc1ccc(C(=O)OCC2(C)COC2)cc1-n1c(C)ccc1C. The molecule has 1 aromatic heterocycles. The van der Waals surface area contributed by atoms with E-state index in [0.29, 0.717) is 31.1 Å². The lowest BCUT2D eigenvalue weighted by Gasteiger charge is -2.37. The lowest BCUT2D eigenvalue weighted by Crippen LogP contribution is -2.44. The van der Waals surface area contributed by atoms with Crippen LogP contribution in [0.25, 0.3) is 5.69 Å². The number of carbonyl (C=O) groups excluding carboxylic acids is 1. The lowest BCUT2D eigenvalue weighted by molar-refractivity contribution is -0.127. The number of nitrogens with zero attached hydrogens (tertiary/aromatic N) is 1. The van der Waals surface area contributed by atoms with E-state index >= 15 is 0 Å². The van der Waals surface area contributed by atoms with Gasteiger partial charge < -0.3 is 18.8 Å². The lowest BCUT2D eigenvalue weighted by atomic mass is 9.90. The molecule has 0 saturated carbocycles. The van der Waals surface area contributed by atoms with Crippen molar-refractivity contribution in [1.29, 1.82) is 0 Å². The summed E-state index contributed by atoms with van der Waals surface area (Å²) in [5.74, 6) is 0.391. The normalized spacial score (nSPS) is 15.7. The van der Waals surface area contributed by atoms with Crippen LogP contribution >= 0.6 is 0 Å². The van der Waals surface area contributed by atoms with Gasteiger partial charge in [0.25, 0.3) is 0 Å². The Hall–Kier alpha value is -2.27. The Labute approximate surface area is 142 Å². The molecule has 3 rings (SSSR count). The Bertz CT molecular complexity index is 739. The molecule has 0 spiro atoms. The van der Waals surface area contributed by atoms with Crippen LogP contribution < -0.4 is 4.74 Å². The highest BCUT2D eigenvalue weighted by atomic mass is 16.5. The van der Waals surface area contributed by atoms with Crippen molar-refractivity contribution in [1.82, 2.24) is 4.57 Å². The maximum absolute atomic E-state index is 12.4. The molecule has 0 bridgehead atoms. The summed E-state index contributed by atoms with van der Waals surface area (Å²) < 4.78 is 18.2. The van der Waals surface area contributed by atoms with E-state index < -0.39 is 0 Å². The zero-order chi connectivity index (χ0) is 17.3. The largest absolute Gasteiger partial charge is 0.495 e. The number of benzene rings is 1. The van der Waals surface area contributed by atoms with E-state index in [2.05, 4.69) is 11.5 Å². The second-order valence-electron chi connectivity index (χ2n) is 6.72. The molecule has 5 heteroatoms. The zero-order valence-electron chi connectivity index (χ0n) is 14.6. The van der Waals surface area contributed by atoms with Crippen LogP contribution in [0.2, 0.25) is 0 Å². The zero-order valence-corrected chi connectivity index (χ0v) is 14.6. The van der Waals surface area contributed by atoms with Crippen molar-refractivity contribution in [3.05, 3.63) is 47.3 Å². The Kier molecular flexibility index (Phi) is 4.37. The van der Waals surface area contributed by atoms with E-state index in [1.165, 1.54) is 0 Å². The van der Waals surface area contributed by atoms with Gasteiger partial charge in [-0.25, -0.2) is 4.79 Å². The van der Waals surface area contributed by atoms with Gasteiger partial charge in [-0.05, 0) is 44.2 Å². The standard InChI is InChI=1S/C19H23NO4/c1-13-5-6-14(2)20(13)16-9-15(7-8-17(16)22-4)18(21)24-12-19(3)10-23-11-19/h5-9H,10-12H2,1-4H3. The van der Waals surface area contributed by atoms with Crippen LogP contribution in [-0.4, -0.2) is 37.5 Å². The summed E-state index contributed by atoms with van der Waals surface area (Å²) in [5, 5.41) is 0. The highest BCUT2D eigenvalue weighted by molar-refractivity contribution is 5.90. The van der Waals surface area contributed by atoms with Crippen LogP contribution in [0.15, 0.2) is 30.3 Å². The number of hydrogen-bond donors (Lipinski definition) is 0. The van der Waals surface area contributed by atoms with Gasteiger partial charge in [0, 0.05) is 16.8 Å². The summed E-state index contributed by atoms with van der Waals surface area (Å²) >= 11 is 0. The number of esters is 1. The maximum atomic E-state index is 12.4. The molecule has 128 valence electrons. The summed E-state index contributed by atoms with van der Waals surface area (Å²) in [6.07, 6.45) is 0. The Balaban J connectivity index is 1.87. The van der Waals surface area contributed by atoms with E-state index in [4.69, 9.17) is 14.2 Å². The van der Waals surface area contributed by atoms with Gasteiger partial charge in [-0.1, -0.05) is 6.92 Å². The molecule has 5 nitrogen and oxygen atoms in total. The summed E-state index contributed by atoms with van der Waals surface area (Å²) in [7, 11) is 1.63. The molecule has 1 aromatic carbocycles. The first-order valence-corrected chi connectivity index (χ1v) is 8.02. The third-order valence-corrected chi connectivity index (χ3v) is 4.38. The molecular formula is C19H23NO4. The van der Waals surface area contributed by atoms with Crippen LogP contribution in [0.5, 0.6) is 5.75 Å². The molecule has 1 saturated heterocycles. The Morgan fingerprint density at radius 2 is 1.88 bits per heavy atom. The molecule has 1 aliphatic heterocycles. The van der Waals surface area contributed by atoms with Gasteiger partial charge in [-0.15, -0.1) is 0 Å². The quantitative estimate of drug-likeness (QED) is 0.790. The van der Waals surface area contributed by atoms with E-state index in [1.54, 1.807) is 19.2 Å². The molecule has 0 aliphatic carbocycles. The fraction of sp³-hybridized carbons (Fsp3) is 0.421. The first-order valence-electron chi connectivity index (χ1n) is 8.02. The number of hydrogen-bond acceptors (Lipinski definition) is 4. The van der Waals surface area contributed by atoms with Gasteiger partial charge >= 0.3 is 5.97 Å². The average molecular weight is 329 g/mol. The van der Waals surface area contributed by atoms with Gasteiger partial charge in [-0.2, -0.15) is 0 Å². The van der Waals surface area contributed by atoms with Crippen LogP contribution in [0.4, 0.5) is 0 Å². The minimum atomic E-state index is -0.325. The average Bonchev–Trinajstić information content (AvgIpc) is 2.88. The first kappa shape index (κ1) is 16.6. The van der Waals surface area contributed by atoms with Crippen molar-refractivity contribution in [3.63, 3.8) is 0 Å². The van der Waals surface area contributed by atoms with Gasteiger partial charge in [0.05, 0.1) is 31.6 Å². The van der Waals surface area contributed by atoms with Gasteiger partial charge in [0.2, 0.25) is 0 Å². The molecule has 1 fully saturated rings. The number of methoxy groups -OCH3 is 1. The molecule has 1 aliphatic rings. The topological polar surface area (TPSA) is 49.7 Å². The second kappa shape index (κ2) is 6.32. The third kappa shape index (κ3) is 3.04. The number of carbonyl (C=O) groups is 1. The van der Waals surface area contributed by atoms with E-state index in [0.717, 1.165) is 17.1 Å². The molecule has 2 heterocycles. The van der Waals surface area contributed by atoms with Crippen LogP contribution in [-0.2, 0) is 9.47 Å².